The molecule has 0 unspecified atom stereocenters. The molecule has 0 saturated carbocycles. The van der Waals surface area contributed by atoms with E-state index in [0.717, 1.165) is 52.6 Å². The van der Waals surface area contributed by atoms with Crippen LogP contribution in [-0.4, -0.2) is 24.7 Å². The van der Waals surface area contributed by atoms with Crippen molar-refractivity contribution in [3.05, 3.63) is 55.9 Å². The van der Waals surface area contributed by atoms with Crippen molar-refractivity contribution in [3.8, 4) is 11.4 Å². The van der Waals surface area contributed by atoms with Gasteiger partial charge in [-0.2, -0.15) is 0 Å². The molecule has 5 rings (SSSR count). The first-order chi connectivity index (χ1) is 14.6. The molecule has 30 heavy (non-hydrogen) atoms. The molecule has 4 aromatic rings. The number of benzene rings is 1. The highest BCUT2D eigenvalue weighted by Crippen LogP contribution is 2.34. The van der Waals surface area contributed by atoms with Crippen LogP contribution in [0.1, 0.15) is 36.0 Å². The summed E-state index contributed by atoms with van der Waals surface area (Å²) in [6.45, 7) is 2.79. The van der Waals surface area contributed by atoms with Gasteiger partial charge in [-0.3, -0.25) is 4.79 Å². The zero-order valence-corrected chi connectivity index (χ0v) is 18.8. The lowest BCUT2D eigenvalue weighted by Gasteiger charge is -2.09. The van der Waals surface area contributed by atoms with E-state index in [4.69, 9.17) is 16.6 Å². The fourth-order valence-electron chi connectivity index (χ4n) is 3.93. The van der Waals surface area contributed by atoms with Gasteiger partial charge in [-0.05, 0) is 50.3 Å². The molecule has 9 heteroatoms. The first-order valence-electron chi connectivity index (χ1n) is 9.99. The number of aryl methyl sites for hydroxylation is 2. The molecule has 0 radical (unpaired) electrons. The molecule has 0 bridgehead atoms. The number of aromatic amines is 1. The molecule has 1 N–H and O–H groups in total. The van der Waals surface area contributed by atoms with Crippen molar-refractivity contribution in [3.63, 3.8) is 0 Å². The number of H-pyrrole nitrogens is 1. The molecule has 0 saturated heterocycles. The second-order valence-corrected chi connectivity index (χ2v) is 9.72. The molecule has 6 nitrogen and oxygen atoms in total. The zero-order valence-electron chi connectivity index (χ0n) is 16.4. The van der Waals surface area contributed by atoms with Crippen molar-refractivity contribution in [2.45, 2.75) is 50.1 Å². The van der Waals surface area contributed by atoms with Gasteiger partial charge in [0, 0.05) is 22.0 Å². The first-order valence-corrected chi connectivity index (χ1v) is 12.2. The lowest BCUT2D eigenvalue weighted by Crippen LogP contribution is -2.12. The predicted molar refractivity (Wildman–Crippen MR) is 123 cm³/mol. The van der Waals surface area contributed by atoms with Gasteiger partial charge >= 0.3 is 0 Å². The summed E-state index contributed by atoms with van der Waals surface area (Å²) in [5, 5.41) is 11.0. The smallest absolute Gasteiger partial charge is 0.259 e. The summed E-state index contributed by atoms with van der Waals surface area (Å²) in [7, 11) is 0. The fourth-order valence-corrected chi connectivity index (χ4v) is 6.28. The summed E-state index contributed by atoms with van der Waals surface area (Å²) < 4.78 is 2.05. The van der Waals surface area contributed by atoms with E-state index in [9.17, 15) is 4.79 Å². The summed E-state index contributed by atoms with van der Waals surface area (Å²) in [5.41, 5.74) is 2.12. The lowest BCUT2D eigenvalue weighted by atomic mass is 9.97. The highest BCUT2D eigenvalue weighted by molar-refractivity contribution is 7.98. The summed E-state index contributed by atoms with van der Waals surface area (Å²) in [6, 6.07) is 7.61. The van der Waals surface area contributed by atoms with Gasteiger partial charge < -0.3 is 9.55 Å². The molecular formula is C21H20ClN5OS2. The Morgan fingerprint density at radius 3 is 2.97 bits per heavy atom. The van der Waals surface area contributed by atoms with Gasteiger partial charge in [0.25, 0.3) is 5.56 Å². The highest BCUT2D eigenvalue weighted by Gasteiger charge is 2.20. The molecule has 1 aromatic carbocycles. The van der Waals surface area contributed by atoms with Crippen molar-refractivity contribution in [1.82, 2.24) is 24.7 Å². The van der Waals surface area contributed by atoms with Gasteiger partial charge in [-0.15, -0.1) is 21.5 Å². The van der Waals surface area contributed by atoms with Crippen molar-refractivity contribution in [1.29, 1.82) is 0 Å². The van der Waals surface area contributed by atoms with E-state index >= 15 is 0 Å². The minimum Gasteiger partial charge on any atom is -0.309 e. The SMILES string of the molecule is CCn1c(SCc2nc3sc4c(c3c(=O)[nH]2)CCCC4)nnc1-c1cccc(Cl)c1. The largest absolute Gasteiger partial charge is 0.309 e. The molecule has 0 spiro atoms. The van der Waals surface area contributed by atoms with Gasteiger partial charge in [0.15, 0.2) is 11.0 Å². The van der Waals surface area contributed by atoms with Gasteiger partial charge in [-0.1, -0.05) is 35.5 Å². The van der Waals surface area contributed by atoms with E-state index in [1.807, 2.05) is 24.3 Å². The molecule has 154 valence electrons. The Bertz CT molecular complexity index is 1290. The summed E-state index contributed by atoms with van der Waals surface area (Å²) in [5.74, 6) is 1.98. The van der Waals surface area contributed by atoms with E-state index < -0.39 is 0 Å². The molecule has 0 aliphatic heterocycles. The van der Waals surface area contributed by atoms with Crippen LogP contribution in [-0.2, 0) is 25.1 Å². The predicted octanol–water partition coefficient (Wildman–Crippen LogP) is 5.09. The third-order valence-corrected chi connectivity index (χ3v) is 7.73. The van der Waals surface area contributed by atoms with Gasteiger partial charge in [0.2, 0.25) is 0 Å². The van der Waals surface area contributed by atoms with Crippen LogP contribution in [0.3, 0.4) is 0 Å². The van der Waals surface area contributed by atoms with Gasteiger partial charge in [0.05, 0.1) is 11.1 Å². The number of nitrogens with zero attached hydrogens (tertiary/aromatic N) is 4. The normalized spacial score (nSPS) is 13.7. The molecule has 1 aliphatic carbocycles. The van der Waals surface area contributed by atoms with Crippen LogP contribution in [0.15, 0.2) is 34.2 Å². The van der Waals surface area contributed by atoms with E-state index in [-0.39, 0.29) is 5.56 Å². The Labute approximate surface area is 186 Å². The molecule has 3 heterocycles. The Morgan fingerprint density at radius 1 is 1.27 bits per heavy atom. The number of nitrogens with one attached hydrogen (secondary N) is 1. The Balaban J connectivity index is 1.42. The van der Waals surface area contributed by atoms with Crippen LogP contribution in [0.4, 0.5) is 0 Å². The topological polar surface area (TPSA) is 76.5 Å². The maximum Gasteiger partial charge on any atom is 0.259 e. The second kappa shape index (κ2) is 8.17. The fraction of sp³-hybridized carbons (Fsp3) is 0.333. The van der Waals surface area contributed by atoms with Crippen LogP contribution in [0.25, 0.3) is 21.6 Å². The van der Waals surface area contributed by atoms with E-state index in [0.29, 0.717) is 16.6 Å². The number of halogens is 1. The minimum absolute atomic E-state index is 0.0217. The van der Waals surface area contributed by atoms with E-state index in [2.05, 4.69) is 26.7 Å². The van der Waals surface area contributed by atoms with Crippen LogP contribution >= 0.6 is 34.7 Å². The second-order valence-electron chi connectivity index (χ2n) is 7.25. The number of hydrogen-bond donors (Lipinski definition) is 1. The standard InChI is InChI=1S/C21H20ClN5OS2/c1-2-27-18(12-6-5-7-13(22)10-12)25-26-21(27)29-11-16-23-19(28)17-14-8-3-4-9-15(14)30-20(17)24-16/h5-7,10H,2-4,8-9,11H2,1H3,(H,23,24,28). The average molecular weight is 458 g/mol. The molecular weight excluding hydrogens is 438 g/mol. The van der Waals surface area contributed by atoms with Crippen LogP contribution < -0.4 is 5.56 Å². The summed E-state index contributed by atoms with van der Waals surface area (Å²) in [4.78, 5) is 22.7. The molecule has 1 aliphatic rings. The summed E-state index contributed by atoms with van der Waals surface area (Å²) in [6.07, 6.45) is 4.39. The van der Waals surface area contributed by atoms with Crippen molar-refractivity contribution in [2.75, 3.05) is 0 Å². The number of hydrogen-bond acceptors (Lipinski definition) is 6. The van der Waals surface area contributed by atoms with E-state index in [1.54, 1.807) is 11.3 Å². The van der Waals surface area contributed by atoms with Crippen molar-refractivity contribution < 1.29 is 0 Å². The van der Waals surface area contributed by atoms with Crippen molar-refractivity contribution in [2.24, 2.45) is 0 Å². The third kappa shape index (κ3) is 3.57. The highest BCUT2D eigenvalue weighted by atomic mass is 35.5. The third-order valence-electron chi connectivity index (χ3n) is 5.33. The molecule has 0 atom stereocenters. The van der Waals surface area contributed by atoms with Gasteiger partial charge in [-0.25, -0.2) is 4.98 Å². The van der Waals surface area contributed by atoms with Crippen molar-refractivity contribution >= 4 is 44.9 Å². The number of thiophene rings is 1. The maximum absolute atomic E-state index is 12.7. The van der Waals surface area contributed by atoms with Gasteiger partial charge in [0.1, 0.15) is 10.7 Å². The number of aromatic nitrogens is 5. The monoisotopic (exact) mass is 457 g/mol. The minimum atomic E-state index is -0.0217. The van der Waals surface area contributed by atoms with E-state index in [1.165, 1.54) is 28.6 Å². The quantitative estimate of drug-likeness (QED) is 0.422. The average Bonchev–Trinajstić information content (AvgIpc) is 3.33. The lowest BCUT2D eigenvalue weighted by molar-refractivity contribution is 0.687. The Kier molecular flexibility index (Phi) is 5.39. The molecule has 0 amide bonds. The first kappa shape index (κ1) is 19.8. The summed E-state index contributed by atoms with van der Waals surface area (Å²) >= 11 is 9.33. The number of fused-ring (bicyclic) bond motifs is 3. The zero-order chi connectivity index (χ0) is 20.7. The number of thioether (sulfide) groups is 1. The van der Waals surface area contributed by atoms with Crippen LogP contribution in [0, 0.1) is 0 Å². The maximum atomic E-state index is 12.7. The molecule has 0 fully saturated rings. The Hall–Kier alpha value is -2.16. The Morgan fingerprint density at radius 2 is 2.13 bits per heavy atom. The van der Waals surface area contributed by atoms with Crippen LogP contribution in [0.5, 0.6) is 0 Å². The van der Waals surface area contributed by atoms with Crippen LogP contribution in [0.2, 0.25) is 5.02 Å². The number of rotatable bonds is 5. The molecule has 3 aromatic heterocycles.